The molecule has 0 aromatic heterocycles. The highest BCUT2D eigenvalue weighted by Gasteiger charge is 2.28. The van der Waals surface area contributed by atoms with Gasteiger partial charge in [0, 0.05) is 6.54 Å². The molecule has 0 atom stereocenters. The van der Waals surface area contributed by atoms with Gasteiger partial charge in [0.2, 0.25) is 0 Å². The molecule has 0 spiro atoms. The van der Waals surface area contributed by atoms with Crippen LogP contribution in [0.25, 0.3) is 0 Å². The molecule has 1 fully saturated rings. The Bertz CT molecular complexity index is 389. The van der Waals surface area contributed by atoms with E-state index in [4.69, 9.17) is 0 Å². The van der Waals surface area contributed by atoms with E-state index in [1.807, 2.05) is 0 Å². The van der Waals surface area contributed by atoms with Gasteiger partial charge in [-0.1, -0.05) is 19.3 Å². The number of benzene rings is 1. The Kier molecular flexibility index (Phi) is 3.62. The lowest BCUT2D eigenvalue weighted by atomic mass is 9.85. The minimum Gasteiger partial charge on any atom is -0.388 e. The summed E-state index contributed by atoms with van der Waals surface area (Å²) in [6.07, 6.45) is 4.55. The van der Waals surface area contributed by atoms with Crippen molar-refractivity contribution in [1.29, 1.82) is 0 Å². The fraction of sp³-hybridized carbons (Fsp3) is 0.538. The molecule has 1 aliphatic carbocycles. The van der Waals surface area contributed by atoms with Gasteiger partial charge < -0.3 is 10.4 Å². The van der Waals surface area contributed by atoms with Crippen LogP contribution < -0.4 is 5.32 Å². The number of rotatable bonds is 3. The molecule has 2 N–H and O–H groups in total. The van der Waals surface area contributed by atoms with Crippen LogP contribution in [-0.2, 0) is 0 Å². The van der Waals surface area contributed by atoms with Gasteiger partial charge in [0.05, 0.1) is 11.3 Å². The minimum atomic E-state index is -0.781. The van der Waals surface area contributed by atoms with E-state index in [1.165, 1.54) is 0 Å². The summed E-state index contributed by atoms with van der Waals surface area (Å²) >= 11 is 0. The molecule has 1 aromatic carbocycles. The van der Waals surface area contributed by atoms with Crippen molar-refractivity contribution in [3.63, 3.8) is 0 Å². The molecular weight excluding hydrogens is 224 g/mol. The molecule has 17 heavy (non-hydrogen) atoms. The first-order valence-electron chi connectivity index (χ1n) is 6.00. The molecule has 2 nitrogen and oxygen atoms in total. The Morgan fingerprint density at radius 3 is 2.59 bits per heavy atom. The highest BCUT2D eigenvalue weighted by atomic mass is 19.1. The van der Waals surface area contributed by atoms with Crippen molar-refractivity contribution in [3.8, 4) is 0 Å². The third-order valence-electron chi connectivity index (χ3n) is 3.32. The molecule has 1 aromatic rings. The quantitative estimate of drug-likeness (QED) is 0.852. The average molecular weight is 241 g/mol. The third kappa shape index (κ3) is 3.16. The second-order valence-corrected chi connectivity index (χ2v) is 4.76. The molecule has 0 heterocycles. The maximum atomic E-state index is 13.3. The van der Waals surface area contributed by atoms with Crippen LogP contribution in [-0.4, -0.2) is 17.3 Å². The molecule has 4 heteroatoms. The molecule has 0 radical (unpaired) electrons. The molecule has 0 unspecified atom stereocenters. The summed E-state index contributed by atoms with van der Waals surface area (Å²) < 4.78 is 26.3. The highest BCUT2D eigenvalue weighted by molar-refractivity contribution is 5.45. The zero-order valence-electron chi connectivity index (χ0n) is 9.68. The maximum absolute atomic E-state index is 13.3. The van der Waals surface area contributed by atoms with Crippen molar-refractivity contribution in [1.82, 2.24) is 0 Å². The van der Waals surface area contributed by atoms with Crippen LogP contribution in [0.15, 0.2) is 18.2 Å². The van der Waals surface area contributed by atoms with Crippen LogP contribution in [0.5, 0.6) is 0 Å². The van der Waals surface area contributed by atoms with Gasteiger partial charge in [-0.3, -0.25) is 0 Å². The van der Waals surface area contributed by atoms with Gasteiger partial charge in [-0.2, -0.15) is 0 Å². The fourth-order valence-electron chi connectivity index (χ4n) is 2.28. The first-order valence-corrected chi connectivity index (χ1v) is 6.00. The van der Waals surface area contributed by atoms with Gasteiger partial charge in [0.15, 0.2) is 0 Å². The largest absolute Gasteiger partial charge is 0.388 e. The number of hydrogen-bond donors (Lipinski definition) is 2. The molecule has 0 saturated heterocycles. The van der Waals surface area contributed by atoms with E-state index in [9.17, 15) is 13.9 Å². The summed E-state index contributed by atoms with van der Waals surface area (Å²) in [5.74, 6) is -0.977. The monoisotopic (exact) mass is 241 g/mol. The standard InChI is InChI=1S/C13H17F2NO/c14-10-4-5-11(15)12(8-10)16-9-13(17)6-2-1-3-7-13/h4-5,8,16-17H,1-3,6-7,9H2. The van der Waals surface area contributed by atoms with Crippen molar-refractivity contribution >= 4 is 5.69 Å². The van der Waals surface area contributed by atoms with Crippen molar-refractivity contribution in [2.24, 2.45) is 0 Å². The van der Waals surface area contributed by atoms with Crippen molar-refractivity contribution in [2.45, 2.75) is 37.7 Å². The molecule has 2 rings (SSSR count). The van der Waals surface area contributed by atoms with Crippen LogP contribution in [0.3, 0.4) is 0 Å². The van der Waals surface area contributed by atoms with Crippen LogP contribution in [0, 0.1) is 11.6 Å². The van der Waals surface area contributed by atoms with Gasteiger partial charge in [-0.15, -0.1) is 0 Å². The SMILES string of the molecule is OC1(CNc2cc(F)ccc2F)CCCCC1. The fourth-order valence-corrected chi connectivity index (χ4v) is 2.28. The van der Waals surface area contributed by atoms with Crippen LogP contribution in [0.4, 0.5) is 14.5 Å². The summed E-state index contributed by atoms with van der Waals surface area (Å²) in [6.45, 7) is 0.271. The molecule has 94 valence electrons. The first kappa shape index (κ1) is 12.3. The Balaban J connectivity index is 1.99. The topological polar surface area (TPSA) is 32.3 Å². The summed E-state index contributed by atoms with van der Waals surface area (Å²) in [5, 5.41) is 13.0. The Morgan fingerprint density at radius 2 is 1.88 bits per heavy atom. The normalized spacial score (nSPS) is 19.0. The van der Waals surface area contributed by atoms with Gasteiger partial charge in [0.1, 0.15) is 11.6 Å². The Hall–Kier alpha value is -1.16. The van der Waals surface area contributed by atoms with Crippen LogP contribution >= 0.6 is 0 Å². The maximum Gasteiger partial charge on any atom is 0.146 e. The van der Waals surface area contributed by atoms with Crippen LogP contribution in [0.1, 0.15) is 32.1 Å². The van der Waals surface area contributed by atoms with E-state index in [1.54, 1.807) is 0 Å². The van der Waals surface area contributed by atoms with E-state index >= 15 is 0 Å². The van der Waals surface area contributed by atoms with Gasteiger partial charge in [-0.05, 0) is 31.0 Å². The van der Waals surface area contributed by atoms with Gasteiger partial charge >= 0.3 is 0 Å². The zero-order chi connectivity index (χ0) is 12.3. The summed E-state index contributed by atoms with van der Waals surface area (Å²) in [4.78, 5) is 0. The van der Waals surface area contributed by atoms with E-state index in [-0.39, 0.29) is 12.2 Å². The molecular formula is C13H17F2NO. The number of halogens is 2. The van der Waals surface area contributed by atoms with Crippen molar-refractivity contribution < 1.29 is 13.9 Å². The predicted octanol–water partition coefficient (Wildman–Crippen LogP) is 3.07. The average Bonchev–Trinajstić information content (AvgIpc) is 2.31. The summed E-state index contributed by atoms with van der Waals surface area (Å²) in [7, 11) is 0. The second-order valence-electron chi connectivity index (χ2n) is 4.76. The third-order valence-corrected chi connectivity index (χ3v) is 3.32. The lowest BCUT2D eigenvalue weighted by Gasteiger charge is -2.32. The van der Waals surface area contributed by atoms with Gasteiger partial charge in [-0.25, -0.2) is 8.78 Å². The summed E-state index contributed by atoms with van der Waals surface area (Å²) in [5.41, 5.74) is -0.666. The first-order chi connectivity index (χ1) is 8.09. The summed E-state index contributed by atoms with van der Waals surface area (Å²) in [6, 6.07) is 3.28. The number of aliphatic hydroxyl groups is 1. The molecule has 1 saturated carbocycles. The highest BCUT2D eigenvalue weighted by Crippen LogP contribution is 2.28. The smallest absolute Gasteiger partial charge is 0.146 e. The molecule has 0 bridgehead atoms. The van der Waals surface area contributed by atoms with E-state index in [2.05, 4.69) is 5.32 Å². The molecule has 0 amide bonds. The minimum absolute atomic E-state index is 0.115. The van der Waals surface area contributed by atoms with Crippen molar-refractivity contribution in [2.75, 3.05) is 11.9 Å². The predicted molar refractivity (Wildman–Crippen MR) is 62.9 cm³/mol. The van der Waals surface area contributed by atoms with Crippen molar-refractivity contribution in [3.05, 3.63) is 29.8 Å². The molecule has 1 aliphatic rings. The van der Waals surface area contributed by atoms with Crippen LogP contribution in [0.2, 0.25) is 0 Å². The number of anilines is 1. The zero-order valence-corrected chi connectivity index (χ0v) is 9.68. The lowest BCUT2D eigenvalue weighted by Crippen LogP contribution is -2.38. The Labute approximate surface area is 99.7 Å². The number of hydrogen-bond acceptors (Lipinski definition) is 2. The second kappa shape index (κ2) is 5.00. The lowest BCUT2D eigenvalue weighted by molar-refractivity contribution is 0.0167. The Morgan fingerprint density at radius 1 is 1.18 bits per heavy atom. The number of nitrogens with one attached hydrogen (secondary N) is 1. The van der Waals surface area contributed by atoms with E-state index in [0.717, 1.165) is 50.3 Å². The molecule has 0 aliphatic heterocycles. The van der Waals surface area contributed by atoms with E-state index < -0.39 is 17.2 Å². The van der Waals surface area contributed by atoms with E-state index in [0.29, 0.717) is 0 Å². The van der Waals surface area contributed by atoms with Gasteiger partial charge in [0.25, 0.3) is 0 Å².